The summed E-state index contributed by atoms with van der Waals surface area (Å²) >= 11 is 0. The van der Waals surface area contributed by atoms with Crippen LogP contribution in [-0.4, -0.2) is 34.8 Å². The molecule has 2 fully saturated rings. The predicted molar refractivity (Wildman–Crippen MR) is 88.9 cm³/mol. The van der Waals surface area contributed by atoms with Gasteiger partial charge in [0.25, 0.3) is 5.91 Å². The van der Waals surface area contributed by atoms with Crippen molar-refractivity contribution in [3.05, 3.63) is 35.9 Å². The van der Waals surface area contributed by atoms with Crippen molar-refractivity contribution in [3.8, 4) is 0 Å². The van der Waals surface area contributed by atoms with Gasteiger partial charge in [0.1, 0.15) is 12.1 Å². The molecule has 128 valence electrons. The fraction of sp³-hybridized carbons (Fsp3) is 0.500. The molecule has 0 atom stereocenters. The first-order chi connectivity index (χ1) is 11.5. The van der Waals surface area contributed by atoms with Crippen LogP contribution in [0.2, 0.25) is 0 Å². The Kier molecular flexibility index (Phi) is 4.55. The molecule has 1 saturated heterocycles. The van der Waals surface area contributed by atoms with Crippen LogP contribution < -0.4 is 10.6 Å². The van der Waals surface area contributed by atoms with E-state index in [1.165, 1.54) is 0 Å². The second-order valence-electron chi connectivity index (χ2n) is 6.85. The fourth-order valence-electron chi connectivity index (χ4n) is 3.41. The normalized spacial score (nSPS) is 26.5. The van der Waals surface area contributed by atoms with Crippen LogP contribution in [0.3, 0.4) is 0 Å². The summed E-state index contributed by atoms with van der Waals surface area (Å²) in [4.78, 5) is 38.0. The highest BCUT2D eigenvalue weighted by atomic mass is 16.2. The molecule has 1 spiro atoms. The summed E-state index contributed by atoms with van der Waals surface area (Å²) in [5, 5.41) is 5.58. The molecule has 4 amide bonds. The van der Waals surface area contributed by atoms with E-state index in [2.05, 4.69) is 17.6 Å². The number of rotatable bonds is 4. The third kappa shape index (κ3) is 3.27. The molecular weight excluding hydrogens is 306 g/mol. The van der Waals surface area contributed by atoms with Gasteiger partial charge in [0.05, 0.1) is 0 Å². The van der Waals surface area contributed by atoms with Crippen LogP contribution >= 0.6 is 0 Å². The number of hydrogen-bond donors (Lipinski definition) is 2. The number of imide groups is 1. The Hall–Kier alpha value is -2.37. The van der Waals surface area contributed by atoms with Gasteiger partial charge >= 0.3 is 6.03 Å². The van der Waals surface area contributed by atoms with Crippen molar-refractivity contribution in [2.45, 2.75) is 44.7 Å². The van der Waals surface area contributed by atoms with Crippen LogP contribution in [0.25, 0.3) is 0 Å². The van der Waals surface area contributed by atoms with E-state index in [9.17, 15) is 14.4 Å². The minimum absolute atomic E-state index is 0.227. The van der Waals surface area contributed by atoms with E-state index in [1.807, 2.05) is 30.3 Å². The largest absolute Gasteiger partial charge is 0.350 e. The highest BCUT2D eigenvalue weighted by molar-refractivity contribution is 6.09. The van der Waals surface area contributed by atoms with Gasteiger partial charge in [-0.25, -0.2) is 4.79 Å². The highest BCUT2D eigenvalue weighted by Crippen LogP contribution is 2.36. The molecular formula is C18H23N3O3. The molecule has 1 aromatic carbocycles. The Morgan fingerprint density at radius 3 is 2.58 bits per heavy atom. The number of carbonyl (C=O) groups excluding carboxylic acids is 3. The lowest BCUT2D eigenvalue weighted by molar-refractivity contribution is -0.136. The number of amides is 4. The van der Waals surface area contributed by atoms with E-state index in [0.29, 0.717) is 25.3 Å². The molecule has 2 N–H and O–H groups in total. The Morgan fingerprint density at radius 2 is 1.92 bits per heavy atom. The van der Waals surface area contributed by atoms with Crippen molar-refractivity contribution in [1.29, 1.82) is 0 Å². The third-order valence-corrected chi connectivity index (χ3v) is 5.01. The van der Waals surface area contributed by atoms with E-state index < -0.39 is 11.6 Å². The van der Waals surface area contributed by atoms with Crippen LogP contribution in [0.5, 0.6) is 0 Å². The van der Waals surface area contributed by atoms with Crippen molar-refractivity contribution < 1.29 is 14.4 Å². The minimum atomic E-state index is -0.788. The molecule has 1 aliphatic heterocycles. The molecule has 1 heterocycles. The number of nitrogens with one attached hydrogen (secondary N) is 2. The van der Waals surface area contributed by atoms with Crippen LogP contribution in [0, 0.1) is 5.92 Å². The molecule has 3 rings (SSSR count). The quantitative estimate of drug-likeness (QED) is 0.827. The monoisotopic (exact) mass is 329 g/mol. The number of nitrogens with zero attached hydrogens (tertiary/aromatic N) is 1. The average molecular weight is 329 g/mol. The molecule has 1 aliphatic carbocycles. The highest BCUT2D eigenvalue weighted by Gasteiger charge is 2.52. The molecule has 6 nitrogen and oxygen atoms in total. The number of urea groups is 1. The summed E-state index contributed by atoms with van der Waals surface area (Å²) in [6, 6.07) is 9.06. The summed E-state index contributed by atoms with van der Waals surface area (Å²) in [7, 11) is 0. The molecule has 0 radical (unpaired) electrons. The Morgan fingerprint density at radius 1 is 1.25 bits per heavy atom. The van der Waals surface area contributed by atoms with Crippen molar-refractivity contribution in [3.63, 3.8) is 0 Å². The lowest BCUT2D eigenvalue weighted by atomic mass is 9.77. The molecule has 1 saturated carbocycles. The van der Waals surface area contributed by atoms with Crippen molar-refractivity contribution in [2.75, 3.05) is 6.54 Å². The van der Waals surface area contributed by atoms with Crippen LogP contribution in [0.15, 0.2) is 30.3 Å². The first kappa shape index (κ1) is 16.5. The Bertz CT molecular complexity index is 636. The molecule has 2 aliphatic rings. The summed E-state index contributed by atoms with van der Waals surface area (Å²) < 4.78 is 0. The van der Waals surface area contributed by atoms with E-state index in [1.54, 1.807) is 0 Å². The van der Waals surface area contributed by atoms with Gasteiger partial charge in [0, 0.05) is 6.54 Å². The first-order valence-electron chi connectivity index (χ1n) is 8.45. The van der Waals surface area contributed by atoms with Crippen LogP contribution in [-0.2, 0) is 16.1 Å². The topological polar surface area (TPSA) is 78.5 Å². The van der Waals surface area contributed by atoms with E-state index in [0.717, 1.165) is 23.3 Å². The van der Waals surface area contributed by atoms with Gasteiger partial charge in [-0.15, -0.1) is 0 Å². The first-order valence-corrected chi connectivity index (χ1v) is 8.45. The van der Waals surface area contributed by atoms with Gasteiger partial charge in [0.15, 0.2) is 0 Å². The van der Waals surface area contributed by atoms with Crippen molar-refractivity contribution in [2.24, 2.45) is 5.92 Å². The molecule has 24 heavy (non-hydrogen) atoms. The van der Waals surface area contributed by atoms with Gasteiger partial charge in [-0.05, 0) is 37.2 Å². The lowest BCUT2D eigenvalue weighted by Crippen LogP contribution is -2.49. The second kappa shape index (κ2) is 6.63. The third-order valence-electron chi connectivity index (χ3n) is 5.01. The lowest BCUT2D eigenvalue weighted by Gasteiger charge is -2.33. The van der Waals surface area contributed by atoms with Crippen LogP contribution in [0.4, 0.5) is 4.79 Å². The zero-order valence-electron chi connectivity index (χ0n) is 13.9. The maximum Gasteiger partial charge on any atom is 0.325 e. The van der Waals surface area contributed by atoms with Crippen molar-refractivity contribution in [1.82, 2.24) is 15.5 Å². The number of carbonyl (C=O) groups is 3. The molecule has 1 aromatic rings. The Labute approximate surface area is 141 Å². The summed E-state index contributed by atoms with van der Waals surface area (Å²) in [5.74, 6) is -0.0126. The van der Waals surface area contributed by atoms with Gasteiger partial charge < -0.3 is 10.6 Å². The summed E-state index contributed by atoms with van der Waals surface area (Å²) in [6.07, 6.45) is 3.14. The van der Waals surface area contributed by atoms with Crippen molar-refractivity contribution >= 4 is 17.8 Å². The maximum absolute atomic E-state index is 12.7. The van der Waals surface area contributed by atoms with Crippen LogP contribution in [0.1, 0.15) is 38.2 Å². The zero-order valence-corrected chi connectivity index (χ0v) is 13.9. The second-order valence-corrected chi connectivity index (χ2v) is 6.85. The smallest absolute Gasteiger partial charge is 0.325 e. The molecule has 0 unspecified atom stereocenters. The summed E-state index contributed by atoms with van der Waals surface area (Å²) in [6.45, 7) is 2.31. The zero-order chi connectivity index (χ0) is 17.2. The molecule has 0 bridgehead atoms. The number of hydrogen-bond acceptors (Lipinski definition) is 3. The maximum atomic E-state index is 12.7. The summed E-state index contributed by atoms with van der Waals surface area (Å²) in [5.41, 5.74) is 0.185. The van der Waals surface area contributed by atoms with Gasteiger partial charge in [-0.2, -0.15) is 0 Å². The standard InChI is InChI=1S/C18H23N3O3/c1-13-7-9-18(10-8-13)16(23)21(17(24)20-18)12-15(22)19-11-14-5-3-2-4-6-14/h2-6,13H,7-12H2,1H3,(H,19,22)(H,20,24). The number of benzene rings is 1. The SMILES string of the molecule is CC1CCC2(CC1)NC(=O)N(CC(=O)NCc1ccccc1)C2=O. The van der Waals surface area contributed by atoms with E-state index in [-0.39, 0.29) is 18.4 Å². The predicted octanol–water partition coefficient (Wildman–Crippen LogP) is 1.80. The van der Waals surface area contributed by atoms with Gasteiger partial charge in [0.2, 0.25) is 5.91 Å². The molecule has 6 heteroatoms. The fourth-order valence-corrected chi connectivity index (χ4v) is 3.41. The van der Waals surface area contributed by atoms with E-state index >= 15 is 0 Å². The average Bonchev–Trinajstić information content (AvgIpc) is 2.81. The van der Waals surface area contributed by atoms with Gasteiger partial charge in [-0.1, -0.05) is 37.3 Å². The molecule has 0 aromatic heterocycles. The van der Waals surface area contributed by atoms with E-state index in [4.69, 9.17) is 0 Å². The Balaban J connectivity index is 1.57. The van der Waals surface area contributed by atoms with Gasteiger partial charge in [-0.3, -0.25) is 14.5 Å². The minimum Gasteiger partial charge on any atom is -0.350 e.